The minimum absolute atomic E-state index is 0.773. The van der Waals surface area contributed by atoms with Gasteiger partial charge in [-0.15, -0.1) is 10.2 Å². The number of hydrogen-bond donors (Lipinski definition) is 1. The number of nitrogens with zero attached hydrogens (tertiary/aromatic N) is 2. The van der Waals surface area contributed by atoms with Crippen molar-refractivity contribution in [3.05, 3.63) is 33.8 Å². The van der Waals surface area contributed by atoms with E-state index in [1.165, 1.54) is 0 Å². The van der Waals surface area contributed by atoms with E-state index in [2.05, 4.69) is 22.4 Å². The molecule has 0 fully saturated rings. The van der Waals surface area contributed by atoms with Crippen molar-refractivity contribution in [2.75, 3.05) is 13.1 Å². The van der Waals surface area contributed by atoms with Crippen molar-refractivity contribution in [3.63, 3.8) is 0 Å². The van der Waals surface area contributed by atoms with E-state index in [0.717, 1.165) is 52.1 Å². The normalized spacial score (nSPS) is 10.9. The van der Waals surface area contributed by atoms with Crippen LogP contribution in [-0.4, -0.2) is 23.3 Å². The van der Waals surface area contributed by atoms with Crippen LogP contribution in [0.4, 0.5) is 0 Å². The molecular weight excluding hydrogens is 278 g/mol. The Bertz CT molecular complexity index is 539. The Balaban J connectivity index is 2.06. The van der Waals surface area contributed by atoms with Gasteiger partial charge in [0.2, 0.25) is 0 Å². The van der Waals surface area contributed by atoms with Crippen molar-refractivity contribution in [2.24, 2.45) is 0 Å². The van der Waals surface area contributed by atoms with Crippen LogP contribution in [0.3, 0.4) is 0 Å². The van der Waals surface area contributed by atoms with E-state index < -0.39 is 0 Å². The molecule has 19 heavy (non-hydrogen) atoms. The Morgan fingerprint density at radius 2 is 2.11 bits per heavy atom. The summed E-state index contributed by atoms with van der Waals surface area (Å²) in [6.45, 7) is 6.16. The molecule has 0 amide bonds. The van der Waals surface area contributed by atoms with Gasteiger partial charge in [0.25, 0.3) is 0 Å². The molecular formula is C14H18ClN3S. The van der Waals surface area contributed by atoms with Crippen LogP contribution in [0.1, 0.15) is 23.9 Å². The summed E-state index contributed by atoms with van der Waals surface area (Å²) >= 11 is 7.93. The second-order valence-electron chi connectivity index (χ2n) is 4.44. The third-order valence-corrected chi connectivity index (χ3v) is 4.35. The number of nitrogens with one attached hydrogen (secondary N) is 1. The summed E-state index contributed by atoms with van der Waals surface area (Å²) in [5.41, 5.74) is 2.05. The standard InChI is InChI=1S/C14H18ClN3S/c1-3-8-16-9-7-12-17-18-14(19-12)11-6-4-5-10(2)13(11)15/h4-6,16H,3,7-9H2,1-2H3. The number of hydrogen-bond acceptors (Lipinski definition) is 4. The second kappa shape index (κ2) is 6.98. The van der Waals surface area contributed by atoms with E-state index in [1.807, 2.05) is 25.1 Å². The molecule has 0 spiro atoms. The van der Waals surface area contributed by atoms with E-state index in [1.54, 1.807) is 11.3 Å². The fourth-order valence-electron chi connectivity index (χ4n) is 1.77. The zero-order valence-electron chi connectivity index (χ0n) is 11.2. The van der Waals surface area contributed by atoms with Gasteiger partial charge in [0.1, 0.15) is 10.0 Å². The molecule has 0 aliphatic heterocycles. The van der Waals surface area contributed by atoms with Gasteiger partial charge in [0, 0.05) is 18.5 Å². The largest absolute Gasteiger partial charge is 0.316 e. The van der Waals surface area contributed by atoms with Crippen LogP contribution in [0.15, 0.2) is 18.2 Å². The number of halogens is 1. The van der Waals surface area contributed by atoms with Gasteiger partial charge in [0.05, 0.1) is 5.02 Å². The van der Waals surface area contributed by atoms with Gasteiger partial charge in [0.15, 0.2) is 0 Å². The molecule has 2 rings (SSSR count). The van der Waals surface area contributed by atoms with Crippen molar-refractivity contribution < 1.29 is 0 Å². The maximum absolute atomic E-state index is 6.31. The fourth-order valence-corrected chi connectivity index (χ4v) is 2.92. The summed E-state index contributed by atoms with van der Waals surface area (Å²) in [5.74, 6) is 0. The van der Waals surface area contributed by atoms with E-state index in [9.17, 15) is 0 Å². The lowest BCUT2D eigenvalue weighted by molar-refractivity contribution is 0.668. The van der Waals surface area contributed by atoms with Gasteiger partial charge in [-0.05, 0) is 25.5 Å². The van der Waals surface area contributed by atoms with Gasteiger partial charge in [-0.1, -0.05) is 48.1 Å². The number of aryl methyl sites for hydroxylation is 1. The Kier molecular flexibility index (Phi) is 5.31. The Labute approximate surface area is 123 Å². The molecule has 102 valence electrons. The van der Waals surface area contributed by atoms with Crippen LogP contribution in [0.25, 0.3) is 10.6 Å². The first-order valence-corrected chi connectivity index (χ1v) is 7.70. The van der Waals surface area contributed by atoms with Crippen molar-refractivity contribution >= 4 is 22.9 Å². The molecule has 0 aliphatic rings. The molecule has 1 heterocycles. The predicted molar refractivity (Wildman–Crippen MR) is 82.0 cm³/mol. The van der Waals surface area contributed by atoms with Gasteiger partial charge in [-0.25, -0.2) is 0 Å². The maximum atomic E-state index is 6.31. The average Bonchev–Trinajstić information content (AvgIpc) is 2.87. The van der Waals surface area contributed by atoms with Crippen LogP contribution >= 0.6 is 22.9 Å². The summed E-state index contributed by atoms with van der Waals surface area (Å²) < 4.78 is 0. The van der Waals surface area contributed by atoms with Crippen molar-refractivity contribution in [2.45, 2.75) is 26.7 Å². The first-order chi connectivity index (χ1) is 9.22. The second-order valence-corrected chi connectivity index (χ2v) is 5.88. The Morgan fingerprint density at radius 3 is 2.89 bits per heavy atom. The highest BCUT2D eigenvalue weighted by Crippen LogP contribution is 2.32. The van der Waals surface area contributed by atoms with Gasteiger partial charge in [-0.2, -0.15) is 0 Å². The van der Waals surface area contributed by atoms with E-state index in [0.29, 0.717) is 0 Å². The molecule has 0 radical (unpaired) electrons. The van der Waals surface area contributed by atoms with Crippen molar-refractivity contribution in [1.82, 2.24) is 15.5 Å². The van der Waals surface area contributed by atoms with Crippen molar-refractivity contribution in [1.29, 1.82) is 0 Å². The number of rotatable bonds is 6. The highest BCUT2D eigenvalue weighted by atomic mass is 35.5. The molecule has 3 nitrogen and oxygen atoms in total. The van der Waals surface area contributed by atoms with Crippen molar-refractivity contribution in [3.8, 4) is 10.6 Å². The molecule has 1 aromatic carbocycles. The van der Waals surface area contributed by atoms with Gasteiger partial charge in [-0.3, -0.25) is 0 Å². The van der Waals surface area contributed by atoms with E-state index in [4.69, 9.17) is 11.6 Å². The topological polar surface area (TPSA) is 37.8 Å². The zero-order valence-corrected chi connectivity index (χ0v) is 12.8. The smallest absolute Gasteiger partial charge is 0.149 e. The molecule has 0 bridgehead atoms. The van der Waals surface area contributed by atoms with Crippen LogP contribution < -0.4 is 5.32 Å². The van der Waals surface area contributed by atoms with E-state index >= 15 is 0 Å². The van der Waals surface area contributed by atoms with Crippen LogP contribution in [0.5, 0.6) is 0 Å². The quantitative estimate of drug-likeness (QED) is 0.826. The summed E-state index contributed by atoms with van der Waals surface area (Å²) in [6.07, 6.45) is 2.07. The maximum Gasteiger partial charge on any atom is 0.149 e. The molecule has 2 aromatic rings. The monoisotopic (exact) mass is 295 g/mol. The summed E-state index contributed by atoms with van der Waals surface area (Å²) in [7, 11) is 0. The van der Waals surface area contributed by atoms with Crippen LogP contribution in [0, 0.1) is 6.92 Å². The Hall–Kier alpha value is -0.970. The molecule has 0 unspecified atom stereocenters. The predicted octanol–water partition coefficient (Wildman–Crippen LogP) is 3.71. The third-order valence-electron chi connectivity index (χ3n) is 2.83. The van der Waals surface area contributed by atoms with Crippen LogP contribution in [0.2, 0.25) is 5.02 Å². The molecule has 5 heteroatoms. The number of benzene rings is 1. The van der Waals surface area contributed by atoms with Gasteiger partial charge < -0.3 is 5.32 Å². The average molecular weight is 296 g/mol. The molecule has 1 aromatic heterocycles. The molecule has 0 saturated carbocycles. The third kappa shape index (κ3) is 3.75. The van der Waals surface area contributed by atoms with E-state index in [-0.39, 0.29) is 0 Å². The highest BCUT2D eigenvalue weighted by molar-refractivity contribution is 7.14. The minimum atomic E-state index is 0.773. The highest BCUT2D eigenvalue weighted by Gasteiger charge is 2.11. The Morgan fingerprint density at radius 1 is 1.26 bits per heavy atom. The lowest BCUT2D eigenvalue weighted by Crippen LogP contribution is -2.17. The molecule has 1 N–H and O–H groups in total. The molecule has 0 saturated heterocycles. The van der Waals surface area contributed by atoms with Crippen LogP contribution in [-0.2, 0) is 6.42 Å². The zero-order chi connectivity index (χ0) is 13.7. The fraction of sp³-hybridized carbons (Fsp3) is 0.429. The summed E-state index contributed by atoms with van der Waals surface area (Å²) in [5, 5.41) is 14.6. The summed E-state index contributed by atoms with van der Waals surface area (Å²) in [4.78, 5) is 0. The van der Waals surface area contributed by atoms with Gasteiger partial charge >= 0.3 is 0 Å². The SMILES string of the molecule is CCCNCCc1nnc(-c2cccc(C)c2Cl)s1. The molecule has 0 aliphatic carbocycles. The lowest BCUT2D eigenvalue weighted by atomic mass is 10.1. The first kappa shape index (κ1) is 14.4. The minimum Gasteiger partial charge on any atom is -0.316 e. The lowest BCUT2D eigenvalue weighted by Gasteiger charge is -2.02. The number of aromatic nitrogens is 2. The summed E-state index contributed by atoms with van der Waals surface area (Å²) in [6, 6.07) is 6.00. The molecule has 0 atom stereocenters. The first-order valence-electron chi connectivity index (χ1n) is 6.51.